The van der Waals surface area contributed by atoms with Crippen molar-refractivity contribution in [3.05, 3.63) is 53.0 Å². The molecule has 5 rings (SSSR count). The van der Waals surface area contributed by atoms with Crippen molar-refractivity contribution in [1.82, 2.24) is 15.3 Å². The molecule has 3 heterocycles. The fraction of sp³-hybridized carbons (Fsp3) is 0.500. The quantitative estimate of drug-likeness (QED) is 0.892. The summed E-state index contributed by atoms with van der Waals surface area (Å²) in [6.07, 6.45) is 6.25. The summed E-state index contributed by atoms with van der Waals surface area (Å²) >= 11 is 0. The summed E-state index contributed by atoms with van der Waals surface area (Å²) in [5.41, 5.74) is 3.68. The second-order valence-electron chi connectivity index (χ2n) is 8.30. The van der Waals surface area contributed by atoms with E-state index in [0.29, 0.717) is 0 Å². The van der Waals surface area contributed by atoms with E-state index in [9.17, 15) is 4.79 Å². The highest BCUT2D eigenvalue weighted by atomic mass is 16.2. The Kier molecular flexibility index (Phi) is 3.92. The maximum Gasteiger partial charge on any atom is 0.228 e. The van der Waals surface area contributed by atoms with Crippen LogP contribution in [0.3, 0.4) is 0 Å². The van der Waals surface area contributed by atoms with Crippen molar-refractivity contribution < 1.29 is 4.79 Å². The number of nitrogens with one attached hydrogen (secondary N) is 1. The second-order valence-corrected chi connectivity index (χ2v) is 8.30. The molecule has 1 atom stereocenters. The van der Waals surface area contributed by atoms with Crippen LogP contribution in [0, 0.1) is 6.92 Å². The first kappa shape index (κ1) is 16.7. The molecule has 1 spiro atoms. The number of rotatable bonds is 2. The number of fused-ring (bicyclic) bond motifs is 1. The van der Waals surface area contributed by atoms with E-state index in [2.05, 4.69) is 27.3 Å². The zero-order chi connectivity index (χ0) is 18.4. The zero-order valence-electron chi connectivity index (χ0n) is 15.9. The molecule has 1 aliphatic carbocycles. The SMILES string of the molecule is Cc1nc2c(c(N3CCC4(CC3)C[C@H](c3ccccc3)C(=O)N4)n1)CCC2. The van der Waals surface area contributed by atoms with Gasteiger partial charge in [0.05, 0.1) is 5.92 Å². The number of carbonyl (C=O) groups is 1. The lowest BCUT2D eigenvalue weighted by Gasteiger charge is -2.40. The van der Waals surface area contributed by atoms with Gasteiger partial charge in [-0.2, -0.15) is 0 Å². The topological polar surface area (TPSA) is 58.1 Å². The zero-order valence-corrected chi connectivity index (χ0v) is 15.9. The van der Waals surface area contributed by atoms with E-state index in [0.717, 1.165) is 62.4 Å². The molecule has 1 aromatic heterocycles. The van der Waals surface area contributed by atoms with Crippen molar-refractivity contribution in [2.45, 2.75) is 56.9 Å². The van der Waals surface area contributed by atoms with Crippen LogP contribution in [0.4, 0.5) is 5.82 Å². The first-order chi connectivity index (χ1) is 13.1. The predicted molar refractivity (Wildman–Crippen MR) is 105 cm³/mol. The number of aryl methyl sites for hydroxylation is 2. The summed E-state index contributed by atoms with van der Waals surface area (Å²) in [6, 6.07) is 10.2. The first-order valence-electron chi connectivity index (χ1n) is 10.1. The van der Waals surface area contributed by atoms with E-state index in [1.807, 2.05) is 25.1 Å². The average Bonchev–Trinajstić information content (AvgIpc) is 3.27. The van der Waals surface area contributed by atoms with Crippen LogP contribution in [-0.4, -0.2) is 34.5 Å². The fourth-order valence-corrected chi connectivity index (χ4v) is 5.11. The Morgan fingerprint density at radius 2 is 1.89 bits per heavy atom. The van der Waals surface area contributed by atoms with Crippen molar-refractivity contribution in [2.24, 2.45) is 0 Å². The molecule has 5 heteroatoms. The van der Waals surface area contributed by atoms with Gasteiger partial charge in [0.2, 0.25) is 5.91 Å². The van der Waals surface area contributed by atoms with Crippen molar-refractivity contribution >= 4 is 11.7 Å². The van der Waals surface area contributed by atoms with Gasteiger partial charge in [0, 0.05) is 29.9 Å². The summed E-state index contributed by atoms with van der Waals surface area (Å²) in [5.74, 6) is 2.20. The molecule has 0 unspecified atom stereocenters. The predicted octanol–water partition coefficient (Wildman–Crippen LogP) is 2.92. The number of amides is 1. The highest BCUT2D eigenvalue weighted by Crippen LogP contribution is 2.40. The van der Waals surface area contributed by atoms with Gasteiger partial charge in [0.15, 0.2) is 0 Å². The van der Waals surface area contributed by atoms with Gasteiger partial charge in [-0.15, -0.1) is 0 Å². The molecule has 0 bridgehead atoms. The van der Waals surface area contributed by atoms with Gasteiger partial charge in [-0.1, -0.05) is 30.3 Å². The molecular formula is C22H26N4O. The standard InChI is InChI=1S/C22H26N4O/c1-15-23-19-9-5-8-17(19)20(24-15)26-12-10-22(11-13-26)14-18(21(27)25-22)16-6-3-2-4-7-16/h2-4,6-7,18H,5,8-14H2,1H3,(H,25,27)/t18-/m1/s1. The van der Waals surface area contributed by atoms with Crippen molar-refractivity contribution in [2.75, 3.05) is 18.0 Å². The van der Waals surface area contributed by atoms with Crippen LogP contribution >= 0.6 is 0 Å². The van der Waals surface area contributed by atoms with Crippen molar-refractivity contribution in [3.63, 3.8) is 0 Å². The van der Waals surface area contributed by atoms with E-state index in [-0.39, 0.29) is 17.4 Å². The molecular weight excluding hydrogens is 336 g/mol. The minimum atomic E-state index is -0.0562. The van der Waals surface area contributed by atoms with Crippen LogP contribution < -0.4 is 10.2 Å². The van der Waals surface area contributed by atoms with Crippen LogP contribution in [-0.2, 0) is 17.6 Å². The number of benzene rings is 1. The molecule has 0 saturated carbocycles. The van der Waals surface area contributed by atoms with Gasteiger partial charge in [0.25, 0.3) is 0 Å². The molecule has 27 heavy (non-hydrogen) atoms. The lowest BCUT2D eigenvalue weighted by atomic mass is 9.82. The van der Waals surface area contributed by atoms with Crippen molar-refractivity contribution in [3.8, 4) is 0 Å². The largest absolute Gasteiger partial charge is 0.356 e. The minimum absolute atomic E-state index is 0.0108. The molecule has 2 fully saturated rings. The Hall–Kier alpha value is -2.43. The maximum atomic E-state index is 12.7. The van der Waals surface area contributed by atoms with Crippen LogP contribution in [0.15, 0.2) is 30.3 Å². The van der Waals surface area contributed by atoms with Gasteiger partial charge in [-0.3, -0.25) is 4.79 Å². The smallest absolute Gasteiger partial charge is 0.228 e. The van der Waals surface area contributed by atoms with Gasteiger partial charge >= 0.3 is 0 Å². The molecule has 140 valence electrons. The number of carbonyl (C=O) groups excluding carboxylic acids is 1. The minimum Gasteiger partial charge on any atom is -0.356 e. The van der Waals surface area contributed by atoms with Gasteiger partial charge in [-0.05, 0) is 51.0 Å². The maximum absolute atomic E-state index is 12.7. The number of hydrogen-bond donors (Lipinski definition) is 1. The monoisotopic (exact) mass is 362 g/mol. The van der Waals surface area contributed by atoms with Crippen LogP contribution in [0.2, 0.25) is 0 Å². The number of nitrogens with zero attached hydrogens (tertiary/aromatic N) is 3. The number of piperidine rings is 1. The molecule has 2 aliphatic heterocycles. The van der Waals surface area contributed by atoms with E-state index < -0.39 is 0 Å². The number of hydrogen-bond acceptors (Lipinski definition) is 4. The Bertz CT molecular complexity index is 871. The molecule has 0 radical (unpaired) electrons. The third kappa shape index (κ3) is 2.89. The highest BCUT2D eigenvalue weighted by molar-refractivity contribution is 5.87. The lowest BCUT2D eigenvalue weighted by Crippen LogP contribution is -2.51. The van der Waals surface area contributed by atoms with Crippen molar-refractivity contribution in [1.29, 1.82) is 0 Å². The number of aromatic nitrogens is 2. The van der Waals surface area contributed by atoms with E-state index in [4.69, 9.17) is 4.98 Å². The van der Waals surface area contributed by atoms with Gasteiger partial charge in [-0.25, -0.2) is 9.97 Å². The van der Waals surface area contributed by atoms with Crippen LogP contribution in [0.5, 0.6) is 0 Å². The Morgan fingerprint density at radius 1 is 1.11 bits per heavy atom. The molecule has 3 aliphatic rings. The summed E-state index contributed by atoms with van der Waals surface area (Å²) in [4.78, 5) is 24.5. The fourth-order valence-electron chi connectivity index (χ4n) is 5.11. The van der Waals surface area contributed by atoms with E-state index >= 15 is 0 Å². The summed E-state index contributed by atoms with van der Waals surface area (Å²) in [6.45, 7) is 3.89. The molecule has 2 aromatic rings. The highest BCUT2D eigenvalue weighted by Gasteiger charge is 2.46. The summed E-state index contributed by atoms with van der Waals surface area (Å²) in [5, 5.41) is 3.36. The normalized spacial score (nSPS) is 23.5. The molecule has 1 N–H and O–H groups in total. The van der Waals surface area contributed by atoms with Crippen LogP contribution in [0.1, 0.15) is 54.2 Å². The third-order valence-corrected chi connectivity index (χ3v) is 6.54. The van der Waals surface area contributed by atoms with Crippen LogP contribution in [0.25, 0.3) is 0 Å². The van der Waals surface area contributed by atoms with E-state index in [1.54, 1.807) is 0 Å². The molecule has 5 nitrogen and oxygen atoms in total. The third-order valence-electron chi connectivity index (χ3n) is 6.54. The molecule has 1 aromatic carbocycles. The Balaban J connectivity index is 1.33. The molecule has 1 amide bonds. The molecule has 2 saturated heterocycles. The number of anilines is 1. The summed E-state index contributed by atoms with van der Waals surface area (Å²) in [7, 11) is 0. The lowest BCUT2D eigenvalue weighted by molar-refractivity contribution is -0.121. The Labute approximate surface area is 160 Å². The van der Waals surface area contributed by atoms with Gasteiger partial charge < -0.3 is 10.2 Å². The second kappa shape index (κ2) is 6.32. The summed E-state index contributed by atoms with van der Waals surface area (Å²) < 4.78 is 0. The Morgan fingerprint density at radius 3 is 2.67 bits per heavy atom. The van der Waals surface area contributed by atoms with Gasteiger partial charge in [0.1, 0.15) is 11.6 Å². The average molecular weight is 362 g/mol. The van der Waals surface area contributed by atoms with E-state index in [1.165, 1.54) is 17.7 Å². The first-order valence-corrected chi connectivity index (χ1v) is 10.1.